The molecule has 0 aliphatic heterocycles. The fraction of sp³-hybridized carbons (Fsp3) is 0.933. The summed E-state index contributed by atoms with van der Waals surface area (Å²) in [6.45, 7) is 10.9. The van der Waals surface area contributed by atoms with Crippen molar-refractivity contribution in [3.8, 4) is 0 Å². The number of hydrogen-bond acceptors (Lipinski definition) is 2. The molecule has 1 amide bonds. The maximum absolute atomic E-state index is 11.4. The summed E-state index contributed by atoms with van der Waals surface area (Å²) in [5, 5.41) is 2.80. The Labute approximate surface area is 113 Å². The summed E-state index contributed by atoms with van der Waals surface area (Å²) in [5.74, 6) is 0.858. The summed E-state index contributed by atoms with van der Waals surface area (Å²) < 4.78 is 5.18. The van der Waals surface area contributed by atoms with Crippen molar-refractivity contribution in [1.82, 2.24) is 5.32 Å². The number of ether oxygens (including phenoxy) is 1. The smallest absolute Gasteiger partial charge is 0.407 e. The van der Waals surface area contributed by atoms with Gasteiger partial charge in [-0.2, -0.15) is 0 Å². The number of amides is 1. The molecule has 0 bridgehead atoms. The Hall–Kier alpha value is -0.730. The number of alkyl carbamates (subject to hydrolysis) is 1. The first-order chi connectivity index (χ1) is 8.39. The van der Waals surface area contributed by atoms with Gasteiger partial charge in [-0.1, -0.05) is 46.0 Å². The van der Waals surface area contributed by atoms with Gasteiger partial charge < -0.3 is 10.1 Å². The van der Waals surface area contributed by atoms with E-state index >= 15 is 0 Å². The van der Waals surface area contributed by atoms with Crippen LogP contribution < -0.4 is 5.32 Å². The predicted octanol–water partition coefficient (Wildman–Crippen LogP) is 4.51. The van der Waals surface area contributed by atoms with Gasteiger partial charge in [0.2, 0.25) is 0 Å². The summed E-state index contributed by atoms with van der Waals surface area (Å²) >= 11 is 0. The molecule has 0 aromatic heterocycles. The second-order valence-corrected chi connectivity index (χ2v) is 5.99. The zero-order valence-electron chi connectivity index (χ0n) is 12.8. The minimum Gasteiger partial charge on any atom is -0.444 e. The molecule has 0 aromatic rings. The van der Waals surface area contributed by atoms with Crippen LogP contribution in [0.1, 0.15) is 73.1 Å². The quantitative estimate of drug-likeness (QED) is 0.650. The molecule has 0 heterocycles. The van der Waals surface area contributed by atoms with Gasteiger partial charge in [0.05, 0.1) is 0 Å². The molecule has 108 valence electrons. The molecule has 1 N–H and O–H groups in total. The molecular weight excluding hydrogens is 226 g/mol. The Kier molecular flexibility index (Phi) is 8.86. The minimum atomic E-state index is -0.404. The van der Waals surface area contributed by atoms with E-state index in [2.05, 4.69) is 19.2 Å². The van der Waals surface area contributed by atoms with Crippen LogP contribution in [-0.2, 0) is 4.74 Å². The first-order valence-corrected chi connectivity index (χ1v) is 7.35. The van der Waals surface area contributed by atoms with E-state index in [1.54, 1.807) is 0 Å². The highest BCUT2D eigenvalue weighted by molar-refractivity contribution is 5.67. The number of carbonyl (C=O) groups excluding carboxylic acids is 1. The zero-order chi connectivity index (χ0) is 14.0. The fourth-order valence-electron chi connectivity index (χ4n) is 2.02. The fourth-order valence-corrected chi connectivity index (χ4v) is 2.02. The highest BCUT2D eigenvalue weighted by Crippen LogP contribution is 2.17. The molecule has 18 heavy (non-hydrogen) atoms. The van der Waals surface area contributed by atoms with Gasteiger partial charge in [0.25, 0.3) is 0 Å². The Bertz CT molecular complexity index is 221. The van der Waals surface area contributed by atoms with E-state index in [1.807, 2.05) is 20.8 Å². The monoisotopic (exact) mass is 257 g/mol. The first kappa shape index (κ1) is 17.3. The average molecular weight is 257 g/mol. The van der Waals surface area contributed by atoms with E-state index < -0.39 is 5.60 Å². The molecule has 3 heteroatoms. The van der Waals surface area contributed by atoms with Crippen LogP contribution in [0.3, 0.4) is 0 Å². The van der Waals surface area contributed by atoms with Crippen molar-refractivity contribution in [3.63, 3.8) is 0 Å². The molecule has 0 radical (unpaired) electrons. The Balaban J connectivity index is 3.53. The number of rotatable bonds is 8. The summed E-state index contributed by atoms with van der Waals surface area (Å²) in [6, 6.07) is 0. The largest absolute Gasteiger partial charge is 0.444 e. The van der Waals surface area contributed by atoms with Gasteiger partial charge in [0.1, 0.15) is 5.60 Å². The maximum Gasteiger partial charge on any atom is 0.407 e. The minimum absolute atomic E-state index is 0.303. The molecule has 0 saturated heterocycles. The summed E-state index contributed by atoms with van der Waals surface area (Å²) in [6.07, 6.45) is 7.08. The van der Waals surface area contributed by atoms with Crippen molar-refractivity contribution in [3.05, 3.63) is 0 Å². The SMILES string of the molecule is CCCC(CC)CCCCNC(=O)OC(C)(C)C. The maximum atomic E-state index is 11.4. The molecule has 1 unspecified atom stereocenters. The van der Waals surface area contributed by atoms with Gasteiger partial charge in [-0.15, -0.1) is 0 Å². The third-order valence-corrected chi connectivity index (χ3v) is 2.98. The van der Waals surface area contributed by atoms with Crippen molar-refractivity contribution in [2.24, 2.45) is 5.92 Å². The van der Waals surface area contributed by atoms with Crippen LogP contribution in [0.25, 0.3) is 0 Å². The topological polar surface area (TPSA) is 38.3 Å². The Morgan fingerprint density at radius 2 is 1.83 bits per heavy atom. The highest BCUT2D eigenvalue weighted by atomic mass is 16.6. The molecule has 0 aliphatic rings. The number of hydrogen-bond donors (Lipinski definition) is 1. The number of unbranched alkanes of at least 4 members (excludes halogenated alkanes) is 1. The van der Waals surface area contributed by atoms with Crippen molar-refractivity contribution in [1.29, 1.82) is 0 Å². The highest BCUT2D eigenvalue weighted by Gasteiger charge is 2.15. The van der Waals surface area contributed by atoms with Crippen LogP contribution in [0.2, 0.25) is 0 Å². The lowest BCUT2D eigenvalue weighted by Crippen LogP contribution is -2.33. The van der Waals surface area contributed by atoms with Gasteiger partial charge in [-0.25, -0.2) is 4.79 Å². The van der Waals surface area contributed by atoms with Crippen molar-refractivity contribution in [2.75, 3.05) is 6.54 Å². The molecular formula is C15H31NO2. The number of nitrogens with one attached hydrogen (secondary N) is 1. The van der Waals surface area contributed by atoms with Gasteiger partial charge in [0, 0.05) is 6.54 Å². The zero-order valence-corrected chi connectivity index (χ0v) is 12.8. The van der Waals surface area contributed by atoms with Crippen molar-refractivity contribution < 1.29 is 9.53 Å². The summed E-state index contributed by atoms with van der Waals surface area (Å²) in [5.41, 5.74) is -0.404. The summed E-state index contributed by atoms with van der Waals surface area (Å²) in [7, 11) is 0. The van der Waals surface area contributed by atoms with Gasteiger partial charge in [0.15, 0.2) is 0 Å². The van der Waals surface area contributed by atoms with Crippen molar-refractivity contribution in [2.45, 2.75) is 78.7 Å². The first-order valence-electron chi connectivity index (χ1n) is 7.35. The lowest BCUT2D eigenvalue weighted by molar-refractivity contribution is 0.0527. The van der Waals surface area contributed by atoms with Crippen LogP contribution in [0.15, 0.2) is 0 Å². The predicted molar refractivity (Wildman–Crippen MR) is 76.8 cm³/mol. The van der Waals surface area contributed by atoms with Gasteiger partial charge in [-0.3, -0.25) is 0 Å². The normalized spacial score (nSPS) is 13.2. The molecule has 0 aliphatic carbocycles. The van der Waals surface area contributed by atoms with Crippen LogP contribution >= 0.6 is 0 Å². The number of carbonyl (C=O) groups is 1. The molecule has 0 saturated carbocycles. The Morgan fingerprint density at radius 3 is 2.33 bits per heavy atom. The third kappa shape index (κ3) is 10.4. The van der Waals surface area contributed by atoms with Gasteiger partial charge in [-0.05, 0) is 33.1 Å². The van der Waals surface area contributed by atoms with Crippen LogP contribution in [0.4, 0.5) is 4.79 Å². The molecule has 3 nitrogen and oxygen atoms in total. The molecule has 0 spiro atoms. The lowest BCUT2D eigenvalue weighted by Gasteiger charge is -2.19. The third-order valence-electron chi connectivity index (χ3n) is 2.98. The molecule has 1 atom stereocenters. The van der Waals surface area contributed by atoms with Crippen molar-refractivity contribution >= 4 is 6.09 Å². The molecule has 0 aromatic carbocycles. The Morgan fingerprint density at radius 1 is 1.17 bits per heavy atom. The van der Waals surface area contributed by atoms with Crippen LogP contribution in [0, 0.1) is 5.92 Å². The average Bonchev–Trinajstić information content (AvgIpc) is 2.24. The second kappa shape index (κ2) is 9.23. The van der Waals surface area contributed by atoms with E-state index in [0.29, 0.717) is 0 Å². The molecule has 0 fully saturated rings. The van der Waals surface area contributed by atoms with E-state index in [-0.39, 0.29) is 6.09 Å². The van der Waals surface area contributed by atoms with E-state index in [9.17, 15) is 4.79 Å². The molecule has 0 rings (SSSR count). The van der Waals surface area contributed by atoms with E-state index in [0.717, 1.165) is 18.9 Å². The lowest BCUT2D eigenvalue weighted by atomic mass is 9.95. The van der Waals surface area contributed by atoms with Crippen LogP contribution in [-0.4, -0.2) is 18.2 Å². The van der Waals surface area contributed by atoms with Crippen LogP contribution in [0.5, 0.6) is 0 Å². The van der Waals surface area contributed by atoms with E-state index in [4.69, 9.17) is 4.74 Å². The summed E-state index contributed by atoms with van der Waals surface area (Å²) in [4.78, 5) is 11.4. The van der Waals surface area contributed by atoms with Gasteiger partial charge >= 0.3 is 6.09 Å². The standard InChI is InChI=1S/C15H31NO2/c1-6-10-13(7-2)11-8-9-12-16-14(17)18-15(3,4)5/h13H,6-12H2,1-5H3,(H,16,17). The van der Waals surface area contributed by atoms with E-state index in [1.165, 1.54) is 32.1 Å². The second-order valence-electron chi connectivity index (χ2n) is 5.99.